The van der Waals surface area contributed by atoms with Crippen molar-refractivity contribution in [2.24, 2.45) is 0 Å². The molecule has 118 valence electrons. The number of hydrogen-bond acceptors (Lipinski definition) is 5. The molecule has 0 fully saturated rings. The van der Waals surface area contributed by atoms with Crippen LogP contribution in [0.4, 0.5) is 18.9 Å². The van der Waals surface area contributed by atoms with Gasteiger partial charge in [-0.05, 0) is 22.6 Å². The van der Waals surface area contributed by atoms with Crippen molar-refractivity contribution in [3.8, 4) is 0 Å². The summed E-state index contributed by atoms with van der Waals surface area (Å²) in [5.74, 6) is -1.18. The monoisotopic (exact) mass is 315 g/mol. The van der Waals surface area contributed by atoms with E-state index in [1.54, 1.807) is 30.3 Å². The summed E-state index contributed by atoms with van der Waals surface area (Å²) < 4.78 is 37.9. The number of hydrogen-bond donors (Lipinski definition) is 1. The van der Waals surface area contributed by atoms with E-state index in [0.29, 0.717) is 10.4 Å². The number of halogens is 3. The third kappa shape index (κ3) is 4.43. The van der Waals surface area contributed by atoms with Gasteiger partial charge in [-0.2, -0.15) is 13.2 Å². The van der Waals surface area contributed by atoms with E-state index in [0.717, 1.165) is 0 Å². The zero-order valence-electron chi connectivity index (χ0n) is 11.2. The van der Waals surface area contributed by atoms with E-state index in [4.69, 9.17) is 5.11 Å². The molecule has 0 spiro atoms. The highest BCUT2D eigenvalue weighted by molar-refractivity contribution is 5.73. The molecular weight excluding hydrogens is 303 g/mol. The van der Waals surface area contributed by atoms with E-state index >= 15 is 0 Å². The van der Waals surface area contributed by atoms with Crippen molar-refractivity contribution in [3.63, 3.8) is 0 Å². The fraction of sp³-hybridized carbons (Fsp3) is 0.333. The largest absolute Gasteiger partial charge is 0.480 e. The Morgan fingerprint density at radius 3 is 2.55 bits per heavy atom. The number of carboxylic acids is 1. The zero-order chi connectivity index (χ0) is 16.2. The summed E-state index contributed by atoms with van der Waals surface area (Å²) in [7, 11) is 0. The predicted octanol–water partition coefficient (Wildman–Crippen LogP) is 1.33. The molecule has 0 atom stereocenters. The molecule has 0 saturated heterocycles. The third-order valence-corrected chi connectivity index (χ3v) is 2.71. The Labute approximate surface area is 123 Å². The Balaban J connectivity index is 2.21. The molecule has 2 aromatic rings. The number of benzene rings is 1. The standard InChI is InChI=1S/C12H12F3N5O2/c13-12(14,15)8-20-10(16-17-18-20)6-19(7-11(21)22)9-4-2-1-3-5-9/h1-5H,6-8H2,(H,21,22). The molecule has 0 aliphatic rings. The van der Waals surface area contributed by atoms with Crippen LogP contribution in [0.1, 0.15) is 5.82 Å². The highest BCUT2D eigenvalue weighted by Crippen LogP contribution is 2.19. The van der Waals surface area contributed by atoms with Gasteiger partial charge >= 0.3 is 12.1 Å². The average molecular weight is 315 g/mol. The third-order valence-electron chi connectivity index (χ3n) is 2.71. The molecule has 22 heavy (non-hydrogen) atoms. The number of carbonyl (C=O) groups is 1. The maximum absolute atomic E-state index is 12.4. The van der Waals surface area contributed by atoms with Crippen molar-refractivity contribution >= 4 is 11.7 Å². The van der Waals surface area contributed by atoms with Gasteiger partial charge < -0.3 is 10.0 Å². The average Bonchev–Trinajstić information content (AvgIpc) is 2.83. The summed E-state index contributed by atoms with van der Waals surface area (Å²) in [5, 5.41) is 19.0. The van der Waals surface area contributed by atoms with E-state index < -0.39 is 18.7 Å². The van der Waals surface area contributed by atoms with Crippen LogP contribution in [0, 0.1) is 0 Å². The topological polar surface area (TPSA) is 84.1 Å². The molecule has 2 rings (SSSR count). The van der Waals surface area contributed by atoms with Gasteiger partial charge in [0.2, 0.25) is 0 Å². The Bertz CT molecular complexity index is 629. The van der Waals surface area contributed by atoms with Crippen LogP contribution in [-0.4, -0.2) is 44.0 Å². The molecule has 1 aromatic heterocycles. The van der Waals surface area contributed by atoms with Crippen molar-refractivity contribution in [2.45, 2.75) is 19.3 Å². The summed E-state index contributed by atoms with van der Waals surface area (Å²) in [5.41, 5.74) is 0.548. The second kappa shape index (κ2) is 6.41. The van der Waals surface area contributed by atoms with Gasteiger partial charge in [0.1, 0.15) is 13.1 Å². The van der Waals surface area contributed by atoms with Gasteiger partial charge in [0, 0.05) is 5.69 Å². The molecule has 10 heteroatoms. The summed E-state index contributed by atoms with van der Waals surface area (Å²) in [6, 6.07) is 8.45. The quantitative estimate of drug-likeness (QED) is 0.865. The molecule has 0 aliphatic carbocycles. The fourth-order valence-electron chi connectivity index (χ4n) is 1.84. The molecule has 0 radical (unpaired) electrons. The summed E-state index contributed by atoms with van der Waals surface area (Å²) in [4.78, 5) is 12.3. The number of carboxylic acid groups (broad SMARTS) is 1. The van der Waals surface area contributed by atoms with Gasteiger partial charge in [-0.15, -0.1) is 5.10 Å². The predicted molar refractivity (Wildman–Crippen MR) is 69.0 cm³/mol. The normalized spacial score (nSPS) is 11.4. The van der Waals surface area contributed by atoms with Crippen LogP contribution >= 0.6 is 0 Å². The maximum Gasteiger partial charge on any atom is 0.408 e. The highest BCUT2D eigenvalue weighted by Gasteiger charge is 2.30. The number of alkyl halides is 3. The number of anilines is 1. The lowest BCUT2D eigenvalue weighted by Crippen LogP contribution is -2.31. The molecule has 0 saturated carbocycles. The molecule has 0 aliphatic heterocycles. The first kappa shape index (κ1) is 15.7. The van der Waals surface area contributed by atoms with Crippen molar-refractivity contribution in [3.05, 3.63) is 36.2 Å². The van der Waals surface area contributed by atoms with E-state index in [9.17, 15) is 18.0 Å². The summed E-state index contributed by atoms with van der Waals surface area (Å²) in [6.07, 6.45) is -4.46. The van der Waals surface area contributed by atoms with E-state index in [1.807, 2.05) is 0 Å². The van der Waals surface area contributed by atoms with E-state index in [-0.39, 0.29) is 18.9 Å². The van der Waals surface area contributed by atoms with Gasteiger partial charge in [-0.3, -0.25) is 4.79 Å². The second-order valence-electron chi connectivity index (χ2n) is 4.45. The molecule has 1 N–H and O–H groups in total. The minimum atomic E-state index is -4.46. The van der Waals surface area contributed by atoms with Crippen LogP contribution in [0.15, 0.2) is 30.3 Å². The Morgan fingerprint density at radius 2 is 1.95 bits per heavy atom. The Morgan fingerprint density at radius 1 is 1.27 bits per heavy atom. The minimum Gasteiger partial charge on any atom is -0.480 e. The molecular formula is C12H12F3N5O2. The molecule has 1 aromatic carbocycles. The molecule has 1 heterocycles. The number of nitrogens with zero attached hydrogens (tertiary/aromatic N) is 5. The number of rotatable bonds is 6. The van der Waals surface area contributed by atoms with Crippen molar-refractivity contribution < 1.29 is 23.1 Å². The lowest BCUT2D eigenvalue weighted by Gasteiger charge is -2.22. The molecule has 7 nitrogen and oxygen atoms in total. The first-order valence-corrected chi connectivity index (χ1v) is 6.19. The first-order valence-electron chi connectivity index (χ1n) is 6.19. The minimum absolute atomic E-state index is 0.0672. The summed E-state index contributed by atoms with van der Waals surface area (Å²) in [6.45, 7) is -1.87. The number of tetrazole rings is 1. The molecule has 0 bridgehead atoms. The van der Waals surface area contributed by atoms with Crippen molar-refractivity contribution in [2.75, 3.05) is 11.4 Å². The number of para-hydroxylation sites is 1. The lowest BCUT2D eigenvalue weighted by atomic mass is 10.3. The van der Waals surface area contributed by atoms with Crippen molar-refractivity contribution in [1.29, 1.82) is 0 Å². The Kier molecular flexibility index (Phi) is 4.59. The zero-order valence-corrected chi connectivity index (χ0v) is 11.2. The van der Waals surface area contributed by atoms with Gasteiger partial charge in [0.25, 0.3) is 0 Å². The van der Waals surface area contributed by atoms with Gasteiger partial charge in [0.05, 0.1) is 6.54 Å². The van der Waals surface area contributed by atoms with Gasteiger partial charge in [-0.1, -0.05) is 18.2 Å². The molecule has 0 amide bonds. The lowest BCUT2D eigenvalue weighted by molar-refractivity contribution is -0.143. The SMILES string of the molecule is O=C(O)CN(Cc1nnnn1CC(F)(F)F)c1ccccc1. The van der Waals surface area contributed by atoms with Crippen LogP contribution in [0.3, 0.4) is 0 Å². The van der Waals surface area contributed by atoms with Crippen LogP contribution in [0.5, 0.6) is 0 Å². The van der Waals surface area contributed by atoms with Crippen molar-refractivity contribution in [1.82, 2.24) is 20.2 Å². The van der Waals surface area contributed by atoms with Crippen LogP contribution in [0.25, 0.3) is 0 Å². The summed E-state index contributed by atoms with van der Waals surface area (Å²) >= 11 is 0. The van der Waals surface area contributed by atoms with Crippen LogP contribution < -0.4 is 4.90 Å². The van der Waals surface area contributed by atoms with Gasteiger partial charge in [0.15, 0.2) is 5.82 Å². The highest BCUT2D eigenvalue weighted by atomic mass is 19.4. The van der Waals surface area contributed by atoms with E-state index in [1.165, 1.54) is 4.90 Å². The number of aromatic nitrogens is 4. The smallest absolute Gasteiger partial charge is 0.408 e. The van der Waals surface area contributed by atoms with E-state index in [2.05, 4.69) is 15.5 Å². The fourth-order valence-corrected chi connectivity index (χ4v) is 1.84. The van der Waals surface area contributed by atoms with Crippen LogP contribution in [-0.2, 0) is 17.9 Å². The van der Waals surface area contributed by atoms with Crippen LogP contribution in [0.2, 0.25) is 0 Å². The Hall–Kier alpha value is -2.65. The number of aliphatic carboxylic acids is 1. The first-order chi connectivity index (χ1) is 10.3. The molecule has 0 unspecified atom stereocenters. The van der Waals surface area contributed by atoms with Gasteiger partial charge in [-0.25, -0.2) is 4.68 Å². The maximum atomic E-state index is 12.4. The second-order valence-corrected chi connectivity index (χ2v) is 4.45.